The minimum absolute atomic E-state index is 0.641. The molecule has 0 saturated carbocycles. The lowest BCUT2D eigenvalue weighted by Gasteiger charge is -2.37. The maximum absolute atomic E-state index is 6.17. The van der Waals surface area contributed by atoms with Crippen molar-refractivity contribution in [1.29, 1.82) is 0 Å². The minimum atomic E-state index is 0.641. The van der Waals surface area contributed by atoms with Gasteiger partial charge in [-0.25, -0.2) is 0 Å². The summed E-state index contributed by atoms with van der Waals surface area (Å²) in [5.41, 5.74) is 3.47. The third kappa shape index (κ3) is 6.49. The lowest BCUT2D eigenvalue weighted by atomic mass is 10.1. The van der Waals surface area contributed by atoms with E-state index in [2.05, 4.69) is 39.5 Å². The number of anilines is 2. The molecule has 0 amide bonds. The number of nitrogens with zero attached hydrogens (tertiary/aromatic N) is 2. The normalized spacial score (nSPS) is 14.5. The summed E-state index contributed by atoms with van der Waals surface area (Å²) >= 11 is 11.6. The van der Waals surface area contributed by atoms with Crippen molar-refractivity contribution in [2.45, 2.75) is 13.8 Å². The van der Waals surface area contributed by atoms with E-state index in [4.69, 9.17) is 28.6 Å². The van der Waals surface area contributed by atoms with Crippen LogP contribution in [0.2, 0.25) is 5.02 Å². The number of rotatable bonds is 7. The topological polar surface area (TPSA) is 39.8 Å². The molecule has 1 fully saturated rings. The van der Waals surface area contributed by atoms with Crippen LogP contribution in [0.15, 0.2) is 42.5 Å². The van der Waals surface area contributed by atoms with Gasteiger partial charge in [0.15, 0.2) is 5.11 Å². The van der Waals surface area contributed by atoms with Crippen molar-refractivity contribution in [3.8, 4) is 5.75 Å². The predicted molar refractivity (Wildman–Crippen MR) is 127 cm³/mol. The van der Waals surface area contributed by atoms with E-state index in [1.165, 1.54) is 11.3 Å². The van der Waals surface area contributed by atoms with Crippen LogP contribution in [0, 0.1) is 6.92 Å². The maximum Gasteiger partial charge on any atom is 0.170 e. The van der Waals surface area contributed by atoms with Gasteiger partial charge in [-0.05, 0) is 68.0 Å². The van der Waals surface area contributed by atoms with Gasteiger partial charge in [0.2, 0.25) is 0 Å². The van der Waals surface area contributed by atoms with Gasteiger partial charge in [0.25, 0.3) is 0 Å². The molecular formula is C22H29ClN4OS. The highest BCUT2D eigenvalue weighted by atomic mass is 35.5. The number of ether oxygens (including phenoxy) is 1. The summed E-state index contributed by atoms with van der Waals surface area (Å²) in [6, 6.07) is 13.9. The first-order valence-corrected chi connectivity index (χ1v) is 10.8. The predicted octanol–water partition coefficient (Wildman–Crippen LogP) is 4.16. The van der Waals surface area contributed by atoms with Crippen LogP contribution < -0.4 is 20.3 Å². The molecule has 0 spiro atoms. The number of benzene rings is 2. The summed E-state index contributed by atoms with van der Waals surface area (Å²) < 4.78 is 5.45. The third-order valence-electron chi connectivity index (χ3n) is 5.02. The first-order valence-electron chi connectivity index (χ1n) is 10.1. The minimum Gasteiger partial charge on any atom is -0.494 e. The molecule has 1 aliphatic heterocycles. The van der Waals surface area contributed by atoms with Crippen molar-refractivity contribution in [3.63, 3.8) is 0 Å². The van der Waals surface area contributed by atoms with Crippen molar-refractivity contribution in [2.75, 3.05) is 56.1 Å². The SMILES string of the molecule is CCOc1ccc(NC(=S)NCCN2CCN(c3cc(Cl)ccc3C)CC2)cc1. The molecule has 0 aliphatic carbocycles. The van der Waals surface area contributed by atoms with Crippen molar-refractivity contribution >= 4 is 40.3 Å². The molecule has 0 bridgehead atoms. The molecule has 29 heavy (non-hydrogen) atoms. The van der Waals surface area contributed by atoms with Gasteiger partial charge >= 0.3 is 0 Å². The molecular weight excluding hydrogens is 404 g/mol. The van der Waals surface area contributed by atoms with Crippen LogP contribution in [-0.2, 0) is 0 Å². The molecule has 156 valence electrons. The summed E-state index contributed by atoms with van der Waals surface area (Å²) in [6.45, 7) is 10.7. The Morgan fingerprint density at radius 2 is 1.83 bits per heavy atom. The fourth-order valence-electron chi connectivity index (χ4n) is 3.44. The molecule has 1 heterocycles. The monoisotopic (exact) mass is 432 g/mol. The molecule has 1 aliphatic rings. The molecule has 2 aromatic carbocycles. The van der Waals surface area contributed by atoms with Gasteiger partial charge in [0, 0.05) is 55.7 Å². The Morgan fingerprint density at radius 1 is 1.10 bits per heavy atom. The summed E-state index contributed by atoms with van der Waals surface area (Å²) in [5, 5.41) is 7.95. The lowest BCUT2D eigenvalue weighted by Crippen LogP contribution is -2.48. The second-order valence-electron chi connectivity index (χ2n) is 7.10. The van der Waals surface area contributed by atoms with Gasteiger partial charge < -0.3 is 20.3 Å². The van der Waals surface area contributed by atoms with Gasteiger partial charge in [0.05, 0.1) is 6.61 Å². The summed E-state index contributed by atoms with van der Waals surface area (Å²) in [5.74, 6) is 0.865. The number of aryl methyl sites for hydroxylation is 1. The molecule has 2 aromatic rings. The van der Waals surface area contributed by atoms with E-state index in [1.807, 2.05) is 37.3 Å². The molecule has 0 unspecified atom stereocenters. The van der Waals surface area contributed by atoms with Gasteiger partial charge in [-0.15, -0.1) is 0 Å². The smallest absolute Gasteiger partial charge is 0.170 e. The van der Waals surface area contributed by atoms with E-state index in [1.54, 1.807) is 0 Å². The molecule has 3 rings (SSSR count). The van der Waals surface area contributed by atoms with E-state index in [0.29, 0.717) is 11.7 Å². The zero-order valence-corrected chi connectivity index (χ0v) is 18.7. The van der Waals surface area contributed by atoms with E-state index in [0.717, 1.165) is 55.7 Å². The number of thiocarbonyl (C=S) groups is 1. The summed E-state index contributed by atoms with van der Waals surface area (Å²) in [6.07, 6.45) is 0. The molecule has 0 atom stereocenters. The number of hydrogen-bond acceptors (Lipinski definition) is 4. The van der Waals surface area contributed by atoms with Gasteiger partial charge in [0.1, 0.15) is 5.75 Å². The molecule has 0 aromatic heterocycles. The molecule has 2 N–H and O–H groups in total. The average Bonchev–Trinajstić information content (AvgIpc) is 2.72. The zero-order chi connectivity index (χ0) is 20.6. The number of nitrogens with one attached hydrogen (secondary N) is 2. The van der Waals surface area contributed by atoms with Crippen LogP contribution in [0.4, 0.5) is 11.4 Å². The van der Waals surface area contributed by atoms with E-state index in [-0.39, 0.29) is 0 Å². The fraction of sp³-hybridized carbons (Fsp3) is 0.409. The Bertz CT molecular complexity index is 807. The van der Waals surface area contributed by atoms with Crippen LogP contribution in [0.1, 0.15) is 12.5 Å². The van der Waals surface area contributed by atoms with E-state index >= 15 is 0 Å². The standard InChI is InChI=1S/C22H29ClN4OS/c1-3-28-20-8-6-19(7-9-20)25-22(29)24-10-11-26-12-14-27(15-13-26)21-16-18(23)5-4-17(21)2/h4-9,16H,3,10-15H2,1-2H3,(H2,24,25,29). The Labute approximate surface area is 184 Å². The molecule has 5 nitrogen and oxygen atoms in total. The van der Waals surface area contributed by atoms with Crippen LogP contribution in [0.3, 0.4) is 0 Å². The highest BCUT2D eigenvalue weighted by Gasteiger charge is 2.18. The molecule has 0 radical (unpaired) electrons. The van der Waals surface area contributed by atoms with E-state index < -0.39 is 0 Å². The van der Waals surface area contributed by atoms with Crippen molar-refractivity contribution < 1.29 is 4.74 Å². The lowest BCUT2D eigenvalue weighted by molar-refractivity contribution is 0.262. The first kappa shape index (κ1) is 21.7. The number of halogens is 1. The molecule has 7 heteroatoms. The van der Waals surface area contributed by atoms with Gasteiger partial charge in [-0.2, -0.15) is 0 Å². The second kappa shape index (κ2) is 10.7. The fourth-order valence-corrected chi connectivity index (χ4v) is 3.83. The van der Waals surface area contributed by atoms with Crippen LogP contribution >= 0.6 is 23.8 Å². The highest BCUT2D eigenvalue weighted by molar-refractivity contribution is 7.80. The Morgan fingerprint density at radius 3 is 2.52 bits per heavy atom. The van der Waals surface area contributed by atoms with Crippen LogP contribution in [0.25, 0.3) is 0 Å². The van der Waals surface area contributed by atoms with Gasteiger partial charge in [-0.1, -0.05) is 17.7 Å². The largest absolute Gasteiger partial charge is 0.494 e. The average molecular weight is 433 g/mol. The molecule has 1 saturated heterocycles. The summed E-state index contributed by atoms with van der Waals surface area (Å²) in [4.78, 5) is 4.88. The maximum atomic E-state index is 6.17. The Kier molecular flexibility index (Phi) is 7.98. The number of hydrogen-bond donors (Lipinski definition) is 2. The summed E-state index contributed by atoms with van der Waals surface area (Å²) in [7, 11) is 0. The van der Waals surface area contributed by atoms with Crippen molar-refractivity contribution in [2.24, 2.45) is 0 Å². The van der Waals surface area contributed by atoms with Crippen LogP contribution in [0.5, 0.6) is 5.75 Å². The zero-order valence-electron chi connectivity index (χ0n) is 17.1. The van der Waals surface area contributed by atoms with Crippen molar-refractivity contribution in [3.05, 3.63) is 53.1 Å². The van der Waals surface area contributed by atoms with Gasteiger partial charge in [-0.3, -0.25) is 4.90 Å². The highest BCUT2D eigenvalue weighted by Crippen LogP contribution is 2.25. The van der Waals surface area contributed by atoms with Crippen LogP contribution in [-0.4, -0.2) is 55.9 Å². The quantitative estimate of drug-likeness (QED) is 0.640. The van der Waals surface area contributed by atoms with E-state index in [9.17, 15) is 0 Å². The Hall–Kier alpha value is -2.02. The second-order valence-corrected chi connectivity index (χ2v) is 7.94. The third-order valence-corrected chi connectivity index (χ3v) is 5.50. The number of piperazine rings is 1. The first-order chi connectivity index (χ1) is 14.0. The van der Waals surface area contributed by atoms with Crippen molar-refractivity contribution in [1.82, 2.24) is 10.2 Å². The Balaban J connectivity index is 1.37.